The topological polar surface area (TPSA) is 46.4 Å². The molecule has 1 N–H and O–H groups in total. The van der Waals surface area contributed by atoms with Crippen LogP contribution >= 0.6 is 11.3 Å². The van der Waals surface area contributed by atoms with Crippen molar-refractivity contribution in [2.24, 2.45) is 5.92 Å². The summed E-state index contributed by atoms with van der Waals surface area (Å²) in [4.78, 5) is 18.6. The molecule has 3 rings (SSSR count). The van der Waals surface area contributed by atoms with Crippen LogP contribution in [0.2, 0.25) is 0 Å². The largest absolute Gasteiger partial charge is 0.344 e. The Balaban J connectivity index is 1.85. The summed E-state index contributed by atoms with van der Waals surface area (Å²) in [5.74, 6) is 0.481. The van der Waals surface area contributed by atoms with Gasteiger partial charge in [-0.3, -0.25) is 9.20 Å². The van der Waals surface area contributed by atoms with E-state index >= 15 is 0 Å². The van der Waals surface area contributed by atoms with Crippen molar-refractivity contribution in [3.8, 4) is 0 Å². The molecule has 1 unspecified atom stereocenters. The Morgan fingerprint density at radius 3 is 2.70 bits per heavy atom. The van der Waals surface area contributed by atoms with Crippen LogP contribution < -0.4 is 5.32 Å². The Kier molecular flexibility index (Phi) is 4.48. The third-order valence-corrected chi connectivity index (χ3v) is 5.08. The summed E-state index contributed by atoms with van der Waals surface area (Å²) >= 11 is 1.43. The van der Waals surface area contributed by atoms with Gasteiger partial charge in [-0.2, -0.15) is 0 Å². The standard InChI is InChI=1S/C18H21N3OS/c1-12(2)11-15(14-7-5-4-6-8-14)20-17(22)16-13(3)21-10-9-19-18(21)23-16/h4-10,12,15H,11H2,1-3H3,(H,20,22). The van der Waals surface area contributed by atoms with Crippen molar-refractivity contribution in [2.45, 2.75) is 33.2 Å². The number of aryl methyl sites for hydroxylation is 1. The van der Waals surface area contributed by atoms with E-state index in [2.05, 4.69) is 36.3 Å². The van der Waals surface area contributed by atoms with Crippen LogP contribution in [0.1, 0.15) is 47.2 Å². The van der Waals surface area contributed by atoms with E-state index in [0.717, 1.165) is 27.5 Å². The molecule has 0 radical (unpaired) electrons. The molecule has 0 bridgehead atoms. The van der Waals surface area contributed by atoms with E-state index in [9.17, 15) is 4.79 Å². The van der Waals surface area contributed by atoms with Gasteiger partial charge in [-0.15, -0.1) is 0 Å². The molecule has 1 aromatic carbocycles. The summed E-state index contributed by atoms with van der Waals surface area (Å²) in [7, 11) is 0. The summed E-state index contributed by atoms with van der Waals surface area (Å²) in [5.41, 5.74) is 2.09. The number of rotatable bonds is 5. The molecule has 2 aromatic heterocycles. The van der Waals surface area contributed by atoms with Crippen LogP contribution in [0.3, 0.4) is 0 Å². The first kappa shape index (κ1) is 15.7. The average molecular weight is 327 g/mol. The van der Waals surface area contributed by atoms with E-state index in [0.29, 0.717) is 5.92 Å². The van der Waals surface area contributed by atoms with Gasteiger partial charge in [0.1, 0.15) is 4.88 Å². The van der Waals surface area contributed by atoms with Gasteiger partial charge in [0.25, 0.3) is 5.91 Å². The predicted octanol–water partition coefficient (Wildman–Crippen LogP) is 4.22. The van der Waals surface area contributed by atoms with E-state index in [4.69, 9.17) is 0 Å². The van der Waals surface area contributed by atoms with Gasteiger partial charge in [-0.05, 0) is 24.8 Å². The second kappa shape index (κ2) is 6.54. The lowest BCUT2D eigenvalue weighted by atomic mass is 9.97. The average Bonchev–Trinajstić information content (AvgIpc) is 3.10. The molecule has 4 nitrogen and oxygen atoms in total. The molecule has 120 valence electrons. The first-order valence-electron chi connectivity index (χ1n) is 7.84. The zero-order valence-corrected chi connectivity index (χ0v) is 14.4. The van der Waals surface area contributed by atoms with E-state index in [1.165, 1.54) is 11.3 Å². The summed E-state index contributed by atoms with van der Waals surface area (Å²) < 4.78 is 1.96. The molecule has 0 aliphatic heterocycles. The molecule has 0 saturated heterocycles. The van der Waals surface area contributed by atoms with Crippen molar-refractivity contribution >= 4 is 22.2 Å². The van der Waals surface area contributed by atoms with Crippen LogP contribution in [0.25, 0.3) is 4.96 Å². The lowest BCUT2D eigenvalue weighted by Crippen LogP contribution is -2.29. The van der Waals surface area contributed by atoms with Crippen molar-refractivity contribution in [1.29, 1.82) is 0 Å². The number of nitrogens with zero attached hydrogens (tertiary/aromatic N) is 2. The van der Waals surface area contributed by atoms with Crippen molar-refractivity contribution in [3.05, 3.63) is 58.9 Å². The Bertz CT molecular complexity index is 804. The van der Waals surface area contributed by atoms with Gasteiger partial charge in [0.05, 0.1) is 6.04 Å². The Hall–Kier alpha value is -2.14. The molecule has 0 fully saturated rings. The molecule has 0 saturated carbocycles. The fourth-order valence-electron chi connectivity index (χ4n) is 2.76. The zero-order valence-electron chi connectivity index (χ0n) is 13.6. The first-order chi connectivity index (χ1) is 11.1. The van der Waals surface area contributed by atoms with Crippen LogP contribution in [0.5, 0.6) is 0 Å². The highest BCUT2D eigenvalue weighted by molar-refractivity contribution is 7.19. The van der Waals surface area contributed by atoms with Gasteiger partial charge in [0.2, 0.25) is 0 Å². The van der Waals surface area contributed by atoms with Gasteiger partial charge in [-0.25, -0.2) is 4.98 Å². The molecule has 3 aromatic rings. The summed E-state index contributed by atoms with van der Waals surface area (Å²) in [6, 6.07) is 10.2. The summed E-state index contributed by atoms with van der Waals surface area (Å²) in [5, 5.41) is 3.20. The van der Waals surface area contributed by atoms with Gasteiger partial charge in [-0.1, -0.05) is 55.5 Å². The van der Waals surface area contributed by atoms with Gasteiger partial charge in [0, 0.05) is 18.1 Å². The molecule has 0 aliphatic carbocycles. The fourth-order valence-corrected chi connectivity index (χ4v) is 3.75. The highest BCUT2D eigenvalue weighted by atomic mass is 32.1. The Morgan fingerprint density at radius 2 is 2.04 bits per heavy atom. The second-order valence-electron chi connectivity index (χ2n) is 6.16. The summed E-state index contributed by atoms with van der Waals surface area (Å²) in [6.07, 6.45) is 4.56. The number of imidazole rings is 1. The van der Waals surface area contributed by atoms with Crippen LogP contribution in [-0.2, 0) is 0 Å². The van der Waals surface area contributed by atoms with Crippen molar-refractivity contribution in [2.75, 3.05) is 0 Å². The van der Waals surface area contributed by atoms with Gasteiger partial charge >= 0.3 is 0 Å². The molecule has 0 spiro atoms. The molecular formula is C18H21N3OS. The SMILES string of the molecule is Cc1c(C(=O)NC(CC(C)C)c2ccccc2)sc2nccn12. The summed E-state index contributed by atoms with van der Waals surface area (Å²) in [6.45, 7) is 6.30. The third kappa shape index (κ3) is 3.29. The Labute approximate surface area is 140 Å². The minimum Gasteiger partial charge on any atom is -0.344 e. The maximum absolute atomic E-state index is 12.8. The minimum absolute atomic E-state index is 0.0208. The van der Waals surface area contributed by atoms with E-state index in [-0.39, 0.29) is 11.9 Å². The molecule has 23 heavy (non-hydrogen) atoms. The van der Waals surface area contributed by atoms with Crippen molar-refractivity contribution in [3.63, 3.8) is 0 Å². The van der Waals surface area contributed by atoms with Crippen LogP contribution in [-0.4, -0.2) is 15.3 Å². The molecular weight excluding hydrogens is 306 g/mol. The Morgan fingerprint density at radius 1 is 1.30 bits per heavy atom. The minimum atomic E-state index is -0.0208. The highest BCUT2D eigenvalue weighted by Gasteiger charge is 2.21. The lowest BCUT2D eigenvalue weighted by Gasteiger charge is -2.21. The first-order valence-corrected chi connectivity index (χ1v) is 8.66. The van der Waals surface area contributed by atoms with Crippen LogP contribution in [0.4, 0.5) is 0 Å². The molecule has 1 amide bonds. The maximum Gasteiger partial charge on any atom is 0.263 e. The number of hydrogen-bond acceptors (Lipinski definition) is 3. The number of aromatic nitrogens is 2. The molecule has 0 aliphatic rings. The number of carbonyl (C=O) groups is 1. The van der Waals surface area contributed by atoms with Crippen LogP contribution in [0.15, 0.2) is 42.7 Å². The third-order valence-electron chi connectivity index (χ3n) is 3.91. The number of carbonyl (C=O) groups excluding carboxylic acids is 1. The maximum atomic E-state index is 12.8. The smallest absolute Gasteiger partial charge is 0.263 e. The van der Waals surface area contributed by atoms with E-state index in [1.54, 1.807) is 6.20 Å². The number of benzene rings is 1. The van der Waals surface area contributed by atoms with Crippen molar-refractivity contribution in [1.82, 2.24) is 14.7 Å². The van der Waals surface area contributed by atoms with E-state index < -0.39 is 0 Å². The molecule has 2 heterocycles. The van der Waals surface area contributed by atoms with Gasteiger partial charge in [0.15, 0.2) is 4.96 Å². The number of fused-ring (bicyclic) bond motifs is 1. The zero-order chi connectivity index (χ0) is 16.4. The highest BCUT2D eigenvalue weighted by Crippen LogP contribution is 2.25. The van der Waals surface area contributed by atoms with E-state index in [1.807, 2.05) is 35.7 Å². The van der Waals surface area contributed by atoms with Gasteiger partial charge < -0.3 is 5.32 Å². The van der Waals surface area contributed by atoms with Crippen molar-refractivity contribution < 1.29 is 4.79 Å². The monoisotopic (exact) mass is 327 g/mol. The number of thiazole rings is 1. The number of hydrogen-bond donors (Lipinski definition) is 1. The molecule has 5 heteroatoms. The number of amides is 1. The lowest BCUT2D eigenvalue weighted by molar-refractivity contribution is 0.0935. The molecule has 1 atom stereocenters. The number of nitrogens with one attached hydrogen (secondary N) is 1. The quantitative estimate of drug-likeness (QED) is 0.762. The second-order valence-corrected chi connectivity index (χ2v) is 7.14. The normalized spacial score (nSPS) is 12.7. The van der Waals surface area contributed by atoms with Crippen LogP contribution in [0, 0.1) is 12.8 Å². The fraction of sp³-hybridized carbons (Fsp3) is 0.333. The predicted molar refractivity (Wildman–Crippen MR) is 93.9 cm³/mol.